The van der Waals surface area contributed by atoms with Gasteiger partial charge in [-0.1, -0.05) is 32.4 Å². The van der Waals surface area contributed by atoms with Gasteiger partial charge in [-0.25, -0.2) is 27.0 Å². The maximum atomic E-state index is 13.0. The minimum absolute atomic E-state index is 0.210. The third kappa shape index (κ3) is 4.08. The lowest BCUT2D eigenvalue weighted by atomic mass is 9.70. The number of amides is 1. The molecule has 2 aliphatic rings. The SMILES string of the molecule is CC12CCC(C(S(=O)(=O)NCC(NS(=O)(=O)c3ccc(Cl)cc3)C(=O)NO)C1=O)C2(C)C. The number of hydrogen-bond donors (Lipinski definition) is 4. The largest absolute Gasteiger partial charge is 0.298 e. The van der Waals surface area contributed by atoms with Crippen LogP contribution in [0.5, 0.6) is 0 Å². The van der Waals surface area contributed by atoms with E-state index < -0.39 is 60.5 Å². The Bertz CT molecular complexity index is 1140. The summed E-state index contributed by atoms with van der Waals surface area (Å²) < 4.78 is 55.5. The molecule has 0 heterocycles. The zero-order valence-corrected chi connectivity index (χ0v) is 20.1. The van der Waals surface area contributed by atoms with Crippen molar-refractivity contribution in [2.45, 2.75) is 49.8 Å². The first-order chi connectivity index (χ1) is 14.7. The van der Waals surface area contributed by atoms with Crippen molar-refractivity contribution in [3.63, 3.8) is 0 Å². The predicted octanol–water partition coefficient (Wildman–Crippen LogP) is 0.806. The highest BCUT2D eigenvalue weighted by Crippen LogP contribution is 2.64. The molecule has 2 saturated carbocycles. The number of hydrogen-bond acceptors (Lipinski definition) is 7. The van der Waals surface area contributed by atoms with Gasteiger partial charge in [0.1, 0.15) is 11.3 Å². The van der Waals surface area contributed by atoms with Crippen molar-refractivity contribution >= 4 is 43.3 Å². The molecule has 0 saturated heterocycles. The third-order valence-corrected chi connectivity index (χ3v) is 10.7. The molecule has 2 bridgehead atoms. The Morgan fingerprint density at radius 1 is 1.19 bits per heavy atom. The molecule has 0 spiro atoms. The molecule has 13 heteroatoms. The van der Waals surface area contributed by atoms with Gasteiger partial charge in [0.05, 0.1) is 4.90 Å². The lowest BCUT2D eigenvalue weighted by Crippen LogP contribution is -2.54. The van der Waals surface area contributed by atoms with Crippen LogP contribution in [0.1, 0.15) is 33.6 Å². The van der Waals surface area contributed by atoms with E-state index >= 15 is 0 Å². The highest BCUT2D eigenvalue weighted by Gasteiger charge is 2.69. The second-order valence-corrected chi connectivity index (χ2v) is 13.0. The first-order valence-electron chi connectivity index (χ1n) is 9.92. The standard InChI is InChI=1S/C19H26ClN3O7S2/c1-18(2)13-8-9-19(18,3)16(24)15(13)32(29,30)21-10-14(17(25)22-26)23-31(27,28)12-6-4-11(20)5-7-12/h4-7,13-15,21,23,26H,8-10H2,1-3H3,(H,22,25). The summed E-state index contributed by atoms with van der Waals surface area (Å²) in [5.41, 5.74) is 0.0391. The maximum absolute atomic E-state index is 13.0. The van der Waals surface area contributed by atoms with Crippen LogP contribution in [0.25, 0.3) is 0 Å². The number of nitrogens with one attached hydrogen (secondary N) is 3. The van der Waals surface area contributed by atoms with Crippen LogP contribution in [-0.2, 0) is 29.6 Å². The van der Waals surface area contributed by atoms with Crippen molar-refractivity contribution in [3.8, 4) is 0 Å². The molecule has 10 nitrogen and oxygen atoms in total. The second-order valence-electron chi connectivity index (χ2n) is 8.98. The number of carbonyl (C=O) groups is 2. The van der Waals surface area contributed by atoms with Gasteiger partial charge in [-0.3, -0.25) is 14.8 Å². The topological polar surface area (TPSA) is 159 Å². The van der Waals surface area contributed by atoms with Crippen LogP contribution < -0.4 is 14.9 Å². The van der Waals surface area contributed by atoms with Crippen LogP contribution in [0.4, 0.5) is 0 Å². The van der Waals surface area contributed by atoms with Crippen LogP contribution in [0.3, 0.4) is 0 Å². The van der Waals surface area contributed by atoms with E-state index in [1.54, 1.807) is 6.92 Å². The molecular weight excluding hydrogens is 482 g/mol. The summed E-state index contributed by atoms with van der Waals surface area (Å²) in [5.74, 6) is -1.94. The first-order valence-corrected chi connectivity index (χ1v) is 13.3. The van der Waals surface area contributed by atoms with Gasteiger partial charge in [0.2, 0.25) is 20.0 Å². The lowest BCUT2D eigenvalue weighted by Gasteiger charge is -2.32. The second kappa shape index (κ2) is 8.33. The molecule has 0 radical (unpaired) electrons. The predicted molar refractivity (Wildman–Crippen MR) is 116 cm³/mol. The van der Waals surface area contributed by atoms with E-state index in [-0.39, 0.29) is 10.7 Å². The molecule has 4 N–H and O–H groups in total. The Balaban J connectivity index is 1.79. The molecule has 2 fully saturated rings. The molecule has 3 rings (SSSR count). The average molecular weight is 508 g/mol. The normalized spacial score (nSPS) is 28.0. The van der Waals surface area contributed by atoms with Gasteiger partial charge in [-0.05, 0) is 48.4 Å². The van der Waals surface area contributed by atoms with Gasteiger partial charge in [-0.15, -0.1) is 0 Å². The maximum Gasteiger partial charge on any atom is 0.262 e. The van der Waals surface area contributed by atoms with Gasteiger partial charge in [-0.2, -0.15) is 4.72 Å². The number of fused-ring (bicyclic) bond motifs is 2. The Labute approximate surface area is 192 Å². The molecule has 1 amide bonds. The molecule has 1 aromatic carbocycles. The zero-order chi connectivity index (χ0) is 24.1. The third-order valence-electron chi connectivity index (χ3n) is 7.14. The summed E-state index contributed by atoms with van der Waals surface area (Å²) in [6.45, 7) is 4.82. The van der Waals surface area contributed by atoms with Gasteiger partial charge in [0.15, 0.2) is 5.78 Å². The first kappa shape index (κ1) is 25.1. The van der Waals surface area contributed by atoms with E-state index in [2.05, 4.69) is 9.44 Å². The van der Waals surface area contributed by atoms with Gasteiger partial charge < -0.3 is 0 Å². The number of rotatable bonds is 8. The summed E-state index contributed by atoms with van der Waals surface area (Å²) >= 11 is 5.75. The fraction of sp³-hybridized carbons (Fsp3) is 0.579. The van der Waals surface area contributed by atoms with E-state index in [9.17, 15) is 26.4 Å². The number of benzene rings is 1. The molecule has 1 aromatic rings. The molecule has 32 heavy (non-hydrogen) atoms. The Morgan fingerprint density at radius 3 is 2.28 bits per heavy atom. The van der Waals surface area contributed by atoms with Crippen LogP contribution in [-0.4, -0.2) is 51.6 Å². The monoisotopic (exact) mass is 507 g/mol. The molecule has 0 aliphatic heterocycles. The molecule has 0 aromatic heterocycles. The number of sulfonamides is 2. The van der Waals surface area contributed by atoms with Crippen LogP contribution >= 0.6 is 11.6 Å². The number of halogens is 1. The lowest BCUT2D eigenvalue weighted by molar-refractivity contribution is -0.130. The highest BCUT2D eigenvalue weighted by molar-refractivity contribution is 7.91. The molecule has 178 valence electrons. The van der Waals surface area contributed by atoms with E-state index in [1.807, 2.05) is 13.8 Å². The summed E-state index contributed by atoms with van der Waals surface area (Å²) in [4.78, 5) is 24.8. The molecule has 4 atom stereocenters. The number of ketones is 1. The molecule has 2 aliphatic carbocycles. The number of hydroxylamine groups is 1. The van der Waals surface area contributed by atoms with Crippen molar-refractivity contribution in [1.82, 2.24) is 14.9 Å². The molecular formula is C19H26ClN3O7S2. The smallest absolute Gasteiger partial charge is 0.262 e. The van der Waals surface area contributed by atoms with Crippen LogP contribution in [0.15, 0.2) is 29.2 Å². The van der Waals surface area contributed by atoms with E-state index in [4.69, 9.17) is 16.8 Å². The van der Waals surface area contributed by atoms with E-state index in [0.717, 1.165) is 0 Å². The van der Waals surface area contributed by atoms with Gasteiger partial charge in [0, 0.05) is 17.0 Å². The van der Waals surface area contributed by atoms with Crippen molar-refractivity contribution < 1.29 is 31.6 Å². The number of Topliss-reactive ketones (excluding diaryl/α,β-unsaturated/α-hetero) is 1. The minimum atomic E-state index is -4.25. The fourth-order valence-corrected chi connectivity index (χ4v) is 8.14. The summed E-state index contributed by atoms with van der Waals surface area (Å²) in [7, 11) is -8.47. The van der Waals surface area contributed by atoms with Crippen LogP contribution in [0.2, 0.25) is 5.02 Å². The Morgan fingerprint density at radius 2 is 1.78 bits per heavy atom. The quantitative estimate of drug-likeness (QED) is 0.299. The zero-order valence-electron chi connectivity index (χ0n) is 17.8. The Kier molecular flexibility index (Phi) is 6.53. The van der Waals surface area contributed by atoms with E-state index in [0.29, 0.717) is 17.9 Å². The minimum Gasteiger partial charge on any atom is -0.298 e. The van der Waals surface area contributed by atoms with Crippen molar-refractivity contribution in [2.75, 3.05) is 6.54 Å². The van der Waals surface area contributed by atoms with Gasteiger partial charge in [0.25, 0.3) is 5.91 Å². The Hall–Kier alpha value is -1.57. The molecule has 4 unspecified atom stereocenters. The summed E-state index contributed by atoms with van der Waals surface area (Å²) in [5, 5.41) is 8.01. The highest BCUT2D eigenvalue weighted by atomic mass is 35.5. The van der Waals surface area contributed by atoms with Crippen molar-refractivity contribution in [3.05, 3.63) is 29.3 Å². The van der Waals surface area contributed by atoms with Crippen molar-refractivity contribution in [2.24, 2.45) is 16.7 Å². The number of carbonyl (C=O) groups excluding carboxylic acids is 2. The summed E-state index contributed by atoms with van der Waals surface area (Å²) in [6.07, 6.45) is 1.18. The van der Waals surface area contributed by atoms with E-state index in [1.165, 1.54) is 29.7 Å². The van der Waals surface area contributed by atoms with Crippen molar-refractivity contribution in [1.29, 1.82) is 0 Å². The van der Waals surface area contributed by atoms with Crippen LogP contribution in [0, 0.1) is 16.7 Å². The van der Waals surface area contributed by atoms with Gasteiger partial charge >= 0.3 is 0 Å². The average Bonchev–Trinajstić information content (AvgIpc) is 3.03. The fourth-order valence-electron chi connectivity index (χ4n) is 4.78. The summed E-state index contributed by atoms with van der Waals surface area (Å²) in [6, 6.07) is 3.41.